The van der Waals surface area contributed by atoms with Gasteiger partial charge in [0.1, 0.15) is 36.6 Å². The number of ether oxygens (including phenoxy) is 18. The van der Waals surface area contributed by atoms with Crippen molar-refractivity contribution in [2.75, 3.05) is 167 Å². The van der Waals surface area contributed by atoms with Crippen LogP contribution in [0, 0.1) is 34.2 Å². The number of Topliss-reactive ketones (excluding diaryl/α,β-unsaturated/α-hetero) is 1. The largest absolute Gasteiger partial charge is 0.492 e. The number of halogens is 1. The normalized spacial score (nSPS) is 28.0. The number of amides is 4. The number of thiol groups is 1. The molecule has 6 aliphatic rings. The number of carbonyl (C=O) groups excluding carboxylic acids is 6. The number of thioether (sulfide) groups is 1. The third-order valence-corrected chi connectivity index (χ3v) is 25.9. The van der Waals surface area contributed by atoms with Crippen molar-refractivity contribution in [3.05, 3.63) is 49.8 Å². The third kappa shape index (κ3) is 33.7. The van der Waals surface area contributed by atoms with Crippen molar-refractivity contribution in [2.24, 2.45) is 5.73 Å². The Morgan fingerprint density at radius 1 is 0.728 bits per heavy atom. The molecular weight excluding hydrogens is 1840 g/mol. The summed E-state index contributed by atoms with van der Waals surface area (Å²) in [5, 5.41) is 83.1. The van der Waals surface area contributed by atoms with Gasteiger partial charge in [-0.25, -0.2) is 4.79 Å². The topological polar surface area (TPSA) is 497 Å². The molecule has 7 rings (SSSR count). The number of benzene rings is 1. The molecule has 38 nitrogen and oxygen atoms in total. The van der Waals surface area contributed by atoms with E-state index in [1.54, 1.807) is 40.7 Å². The van der Waals surface area contributed by atoms with E-state index in [1.807, 2.05) is 50.3 Å². The molecule has 4 amide bonds. The van der Waals surface area contributed by atoms with Gasteiger partial charge in [-0.05, 0) is 88.8 Å². The Bertz CT molecular complexity index is 3800. The molecule has 2 aliphatic carbocycles. The Hall–Kier alpha value is -4.85. The van der Waals surface area contributed by atoms with E-state index in [9.17, 15) is 54.3 Å². The lowest BCUT2D eigenvalue weighted by Gasteiger charge is -2.47. The number of hydrogen-bond donors (Lipinski definition) is 13. The first-order valence-electron chi connectivity index (χ1n) is 41.0. The number of hydrogen-bond acceptors (Lipinski definition) is 38. The van der Waals surface area contributed by atoms with E-state index in [0.29, 0.717) is 88.2 Å². The van der Waals surface area contributed by atoms with Crippen molar-refractivity contribution >= 4 is 103 Å². The molecule has 0 spiro atoms. The van der Waals surface area contributed by atoms with Gasteiger partial charge < -0.3 is 142 Å². The lowest BCUT2D eigenvalue weighted by Crippen LogP contribution is -2.65. The number of likely N-dealkylation sites (N-methyl/N-ethyl adjacent to an activating group) is 1. The van der Waals surface area contributed by atoms with Gasteiger partial charge >= 0.3 is 6.09 Å². The van der Waals surface area contributed by atoms with Gasteiger partial charge in [-0.2, -0.15) is 18.1 Å². The molecular formula is C82H127IN6O32S4. The zero-order valence-corrected chi connectivity index (χ0v) is 78.7. The minimum atomic E-state index is -2.22. The highest BCUT2D eigenvalue weighted by atomic mass is 127. The van der Waals surface area contributed by atoms with Crippen LogP contribution in [0.1, 0.15) is 103 Å². The van der Waals surface area contributed by atoms with E-state index >= 15 is 0 Å². The van der Waals surface area contributed by atoms with Crippen LogP contribution in [0.4, 0.5) is 4.79 Å². The second-order valence-corrected chi connectivity index (χ2v) is 36.9. The van der Waals surface area contributed by atoms with E-state index in [-0.39, 0.29) is 140 Å². The molecule has 125 heavy (non-hydrogen) atoms. The molecule has 43 heteroatoms. The molecule has 4 aliphatic heterocycles. The van der Waals surface area contributed by atoms with Gasteiger partial charge in [-0.1, -0.05) is 77.0 Å². The number of carbonyl (C=O) groups is 6. The molecule has 13 N–H and O–H groups in total. The Balaban J connectivity index is 0.00000106. The first-order valence-corrected chi connectivity index (χ1v) is 45.7. The summed E-state index contributed by atoms with van der Waals surface area (Å²) < 4.78 is 104. The molecule has 1 aromatic carbocycles. The number of allylic oxidation sites excluding steroid dienone is 3. The molecule has 2 bridgehead atoms. The zero-order chi connectivity index (χ0) is 92.1. The van der Waals surface area contributed by atoms with E-state index in [2.05, 4.69) is 57.7 Å². The number of nitrogens with zero attached hydrogens (tertiary/aromatic N) is 1. The number of nitrogens with two attached hydrogens (primary N) is 1. The number of fused-ring (bicyclic) bond motifs is 2. The molecule has 17 unspecified atom stereocenters. The van der Waals surface area contributed by atoms with Crippen LogP contribution in [0.15, 0.2) is 35.1 Å². The maximum Gasteiger partial charge on any atom is 0.411 e. The van der Waals surface area contributed by atoms with Crippen molar-refractivity contribution in [1.82, 2.24) is 26.3 Å². The van der Waals surface area contributed by atoms with Gasteiger partial charge in [0.25, 0.3) is 0 Å². The van der Waals surface area contributed by atoms with Crippen molar-refractivity contribution < 1.29 is 155 Å². The number of alkyl carbamates (subject to hydrolysis) is 1. The van der Waals surface area contributed by atoms with Crippen LogP contribution in [-0.2, 0) is 95.1 Å². The van der Waals surface area contributed by atoms with Gasteiger partial charge in [0.15, 0.2) is 41.8 Å². The van der Waals surface area contributed by atoms with Crippen molar-refractivity contribution in [1.29, 1.82) is 0 Å². The van der Waals surface area contributed by atoms with Crippen LogP contribution >= 0.6 is 68.6 Å². The summed E-state index contributed by atoms with van der Waals surface area (Å²) in [5.74, 6) is 10.3. The fourth-order valence-electron chi connectivity index (χ4n) is 13.8. The van der Waals surface area contributed by atoms with Crippen LogP contribution < -0.4 is 41.4 Å². The average molecular weight is 1960 g/mol. The highest BCUT2D eigenvalue weighted by Gasteiger charge is 2.53. The third-order valence-electron chi connectivity index (χ3n) is 20.0. The highest BCUT2D eigenvalue weighted by Crippen LogP contribution is 2.50. The van der Waals surface area contributed by atoms with Crippen molar-refractivity contribution in [3.8, 4) is 40.9 Å². The maximum absolute atomic E-state index is 14.6. The molecule has 0 aromatic heterocycles. The van der Waals surface area contributed by atoms with Crippen LogP contribution in [0.5, 0.6) is 17.2 Å². The average Bonchev–Trinajstić information content (AvgIpc) is 0.746. The standard InChI is InChI=1S/C69H100IN5O27S3.C13H27NO5S/c1-13-75(47(80)34-71)41-35-95-48(31-45(41)87-8)100-61-56(82)53(74-102-49-30-42(77)63(39(5)96-49)104-64(84)50-36(2)52(70)59(62(90-11)58(50)88-9)101-65-57(83)60(89-10)55(81)38(4)98-65)37(3)97-66(61)99-44-18-16-14-15-17-20-69(86)32-43(78)54(73-67(85)91-12)51(44)40(69)19-29-103-105-68(6,7)33-46(79)72-21-23-92-25-27-94-28-26-93-24-22-76;1-13(2,20)11-12(16)14-3-5-17-7-9-19-10-8-18-6-4-15/h14-15,19,37-39,41-42,44-45,48-49,53,55-57,60-61,63,65-66,74,76-77,81-83,86H,13,21-35,71H2,1-12H3,(H,72,79)(H,73,85);15,20H,3-11H2,1-2H3,(H,14,16)/b15-14-,40-19+;/t37?,38?,39?,41?,42?,44-,45?,48?,49?,53?,55?,56?,57?,60?,61?,63?,65?,66?,69-;/m0./s1. The number of aliphatic hydroxyl groups excluding tert-OH is 6. The summed E-state index contributed by atoms with van der Waals surface area (Å²) in [6, 6.07) is -1.80. The Kier molecular flexibility index (Phi) is 48.3. The molecule has 0 radical (unpaired) electrons. The summed E-state index contributed by atoms with van der Waals surface area (Å²) in [7, 11) is 9.31. The van der Waals surface area contributed by atoms with E-state index in [1.165, 1.54) is 67.1 Å². The molecule has 0 saturated carbocycles. The highest BCUT2D eigenvalue weighted by molar-refractivity contribution is 14.1. The first kappa shape index (κ1) is 109. The minimum Gasteiger partial charge on any atom is -0.492 e. The monoisotopic (exact) mass is 1960 g/mol. The summed E-state index contributed by atoms with van der Waals surface area (Å²) in [5.41, 5.74) is 6.51. The molecule has 708 valence electrons. The van der Waals surface area contributed by atoms with Gasteiger partial charge in [0, 0.05) is 85.9 Å². The van der Waals surface area contributed by atoms with Gasteiger partial charge in [0.05, 0.1) is 196 Å². The van der Waals surface area contributed by atoms with Crippen LogP contribution in [0.25, 0.3) is 0 Å². The Morgan fingerprint density at radius 2 is 1.32 bits per heavy atom. The zero-order valence-electron chi connectivity index (χ0n) is 73.2. The van der Waals surface area contributed by atoms with Gasteiger partial charge in [0.2, 0.25) is 34.9 Å². The Morgan fingerprint density at radius 3 is 1.88 bits per heavy atom. The number of ketones is 1. The SMILES string of the molecule is CC(C)(S)CC(=O)NCCOCCOCCOCCO.CCN(C(=O)CN)C1COC(OC2C(O[C@H]3C#C/C=C\C#C[C@]4(O)CC(=O)C(NC(=O)OC)=C3/C4=C\CSSC(C)(C)CC(=O)NCCOCCOCCOCCO)OC(C)C(NOC3CC(O)C(SC(=O)c4c(C)c(I)c(OC5OC(C)C(O)C(OC)C5O)c(OC)c4OC)C(C)O3)C2O)CC1OC. The summed E-state index contributed by atoms with van der Waals surface area (Å²) in [4.78, 5) is 87.6. The maximum atomic E-state index is 14.6. The summed E-state index contributed by atoms with van der Waals surface area (Å²) in [6.45, 7) is 21.0. The second kappa shape index (κ2) is 55.5. The minimum absolute atomic E-state index is 0.00239. The van der Waals surface area contributed by atoms with Gasteiger partial charge in [-0.3, -0.25) is 34.1 Å². The molecule has 19 atom stereocenters. The smallest absolute Gasteiger partial charge is 0.411 e. The fourth-order valence-corrected chi connectivity index (χ4v) is 18.1. The summed E-state index contributed by atoms with van der Waals surface area (Å²) >= 11 is 7.07. The number of nitrogens with one attached hydrogen (secondary N) is 4. The van der Waals surface area contributed by atoms with E-state index < -0.39 is 143 Å². The van der Waals surface area contributed by atoms with Crippen LogP contribution in [0.2, 0.25) is 0 Å². The number of methoxy groups -OCH3 is 5. The summed E-state index contributed by atoms with van der Waals surface area (Å²) in [6.07, 6.45) is -15.5. The predicted molar refractivity (Wildman–Crippen MR) is 470 cm³/mol. The Labute approximate surface area is 761 Å². The van der Waals surface area contributed by atoms with Crippen LogP contribution in [0.3, 0.4) is 0 Å². The van der Waals surface area contributed by atoms with Crippen molar-refractivity contribution in [2.45, 2.75) is 219 Å². The van der Waals surface area contributed by atoms with Crippen LogP contribution in [-0.4, -0.2) is 367 Å². The number of aliphatic hydroxyl groups is 7. The molecule has 4 fully saturated rings. The molecule has 4 saturated heterocycles. The first-order chi connectivity index (χ1) is 59.6. The number of rotatable bonds is 49. The molecule has 4 heterocycles. The van der Waals surface area contributed by atoms with E-state index in [4.69, 9.17) is 106 Å². The lowest BCUT2D eigenvalue weighted by molar-refractivity contribution is -0.337. The quantitative estimate of drug-likeness (QED) is 0.0110. The molecule has 1 aromatic rings. The van der Waals surface area contributed by atoms with Gasteiger partial charge in [-0.15, -0.1) is 0 Å². The van der Waals surface area contributed by atoms with E-state index in [0.717, 1.165) is 18.9 Å². The second-order valence-electron chi connectivity index (χ2n) is 30.5. The predicted octanol–water partition coefficient (Wildman–Crippen LogP) is 1.69. The lowest BCUT2D eigenvalue weighted by atomic mass is 9.75. The van der Waals surface area contributed by atoms with Crippen molar-refractivity contribution in [3.63, 3.8) is 0 Å². The fraction of sp³-hybridized carbons (Fsp3) is 0.732. The number of hydroxylamine groups is 1.